The molecule has 2 N–H and O–H groups in total. The molecular formula is C11H15ClN2O2. The van der Waals surface area contributed by atoms with E-state index in [-0.39, 0.29) is 0 Å². The zero-order chi connectivity index (χ0) is 11.4. The van der Waals surface area contributed by atoms with Crippen molar-refractivity contribution >= 4 is 11.6 Å². The Morgan fingerprint density at radius 1 is 1.62 bits per heavy atom. The molecule has 5 heteroatoms. The minimum Gasteiger partial charge on any atom is -0.477 e. The van der Waals surface area contributed by atoms with Crippen molar-refractivity contribution in [3.63, 3.8) is 0 Å². The fraction of sp³-hybridized carbons (Fsp3) is 0.545. The molecule has 1 aromatic heterocycles. The lowest BCUT2D eigenvalue weighted by Crippen LogP contribution is -2.12. The number of hydrogen-bond donors (Lipinski definition) is 1. The second kappa shape index (κ2) is 5.48. The lowest BCUT2D eigenvalue weighted by atomic mass is 10.1. The Morgan fingerprint density at radius 2 is 2.50 bits per heavy atom. The molecule has 88 valence electrons. The maximum Gasteiger partial charge on any atom is 0.213 e. The topological polar surface area (TPSA) is 57.4 Å². The molecule has 16 heavy (non-hydrogen) atoms. The summed E-state index contributed by atoms with van der Waals surface area (Å²) >= 11 is 5.91. The zero-order valence-corrected chi connectivity index (χ0v) is 9.74. The summed E-state index contributed by atoms with van der Waals surface area (Å²) in [6, 6.07) is 1.79. The third-order valence-corrected chi connectivity index (χ3v) is 2.96. The highest BCUT2D eigenvalue weighted by molar-refractivity contribution is 6.31. The summed E-state index contributed by atoms with van der Waals surface area (Å²) in [6.07, 6.45) is 2.63. The summed E-state index contributed by atoms with van der Waals surface area (Å²) in [6.45, 7) is 2.64. The van der Waals surface area contributed by atoms with Crippen molar-refractivity contribution in [2.45, 2.75) is 13.0 Å². The number of ether oxygens (including phenoxy) is 2. The SMILES string of the molecule is NCc1cc(OCC2CCOC2)ncc1Cl. The summed E-state index contributed by atoms with van der Waals surface area (Å²) in [7, 11) is 0. The molecule has 0 aromatic carbocycles. The van der Waals surface area contributed by atoms with Crippen LogP contribution in [0.3, 0.4) is 0 Å². The minimum absolute atomic E-state index is 0.393. The molecule has 0 radical (unpaired) electrons. The molecule has 1 aliphatic heterocycles. The third-order valence-electron chi connectivity index (χ3n) is 2.62. The van der Waals surface area contributed by atoms with E-state index in [4.69, 9.17) is 26.8 Å². The van der Waals surface area contributed by atoms with E-state index < -0.39 is 0 Å². The highest BCUT2D eigenvalue weighted by Crippen LogP contribution is 2.20. The first-order valence-electron chi connectivity index (χ1n) is 5.34. The van der Waals surface area contributed by atoms with Crippen molar-refractivity contribution in [3.05, 3.63) is 22.8 Å². The van der Waals surface area contributed by atoms with Gasteiger partial charge in [-0.2, -0.15) is 0 Å². The fourth-order valence-corrected chi connectivity index (χ4v) is 1.79. The van der Waals surface area contributed by atoms with Crippen molar-refractivity contribution < 1.29 is 9.47 Å². The Morgan fingerprint density at radius 3 is 3.19 bits per heavy atom. The first-order valence-corrected chi connectivity index (χ1v) is 5.72. The quantitative estimate of drug-likeness (QED) is 0.872. The van der Waals surface area contributed by atoms with Crippen molar-refractivity contribution in [2.75, 3.05) is 19.8 Å². The molecule has 1 aromatic rings. The molecule has 1 saturated heterocycles. The van der Waals surface area contributed by atoms with Crippen LogP contribution in [0.1, 0.15) is 12.0 Å². The number of hydrogen-bond acceptors (Lipinski definition) is 4. The molecule has 0 saturated carbocycles. The van der Waals surface area contributed by atoms with Crippen molar-refractivity contribution in [1.29, 1.82) is 0 Å². The normalized spacial score (nSPS) is 20.0. The van der Waals surface area contributed by atoms with Crippen molar-refractivity contribution in [2.24, 2.45) is 11.7 Å². The Balaban J connectivity index is 1.93. The Hall–Kier alpha value is -0.840. The van der Waals surface area contributed by atoms with Gasteiger partial charge in [0.15, 0.2) is 0 Å². The number of nitrogens with zero attached hydrogens (tertiary/aromatic N) is 1. The molecule has 0 spiro atoms. The first-order chi connectivity index (χ1) is 7.79. The minimum atomic E-state index is 0.393. The fourth-order valence-electron chi connectivity index (χ4n) is 1.61. The third kappa shape index (κ3) is 2.84. The van der Waals surface area contributed by atoms with Crippen LogP contribution in [0, 0.1) is 5.92 Å². The standard InChI is InChI=1S/C11H15ClN2O2/c12-10-5-14-11(3-9(10)4-13)16-7-8-1-2-15-6-8/h3,5,8H,1-2,4,6-7,13H2. The van der Waals surface area contributed by atoms with Gasteiger partial charge in [0.2, 0.25) is 5.88 Å². The van der Waals surface area contributed by atoms with Gasteiger partial charge >= 0.3 is 0 Å². The molecule has 1 atom stereocenters. The highest BCUT2D eigenvalue weighted by atomic mass is 35.5. The van der Waals surface area contributed by atoms with Gasteiger partial charge in [-0.1, -0.05) is 11.6 Å². The average molecular weight is 243 g/mol. The molecule has 0 amide bonds. The number of nitrogens with two attached hydrogens (primary N) is 1. The van der Waals surface area contributed by atoms with Crippen molar-refractivity contribution in [1.82, 2.24) is 4.98 Å². The number of aromatic nitrogens is 1. The van der Waals surface area contributed by atoms with Crippen LogP contribution in [-0.4, -0.2) is 24.8 Å². The number of pyridine rings is 1. The Labute approximate surface area is 99.7 Å². The van der Waals surface area contributed by atoms with Gasteiger partial charge in [0, 0.05) is 31.3 Å². The van der Waals surface area contributed by atoms with Crippen molar-refractivity contribution in [3.8, 4) is 5.88 Å². The second-order valence-corrected chi connectivity index (χ2v) is 4.27. The monoisotopic (exact) mass is 242 g/mol. The van der Waals surface area contributed by atoms with Crippen LogP contribution in [0.2, 0.25) is 5.02 Å². The van der Waals surface area contributed by atoms with E-state index in [2.05, 4.69) is 4.98 Å². The van der Waals surface area contributed by atoms with Gasteiger partial charge in [0.1, 0.15) is 0 Å². The molecule has 0 aliphatic carbocycles. The van der Waals surface area contributed by atoms with Gasteiger partial charge in [-0.05, 0) is 12.0 Å². The van der Waals surface area contributed by atoms with Gasteiger partial charge in [-0.25, -0.2) is 4.98 Å². The summed E-state index contributed by atoms with van der Waals surface area (Å²) in [4.78, 5) is 4.10. The van der Waals surface area contributed by atoms with Crippen LogP contribution in [-0.2, 0) is 11.3 Å². The lowest BCUT2D eigenvalue weighted by Gasteiger charge is -2.10. The van der Waals surface area contributed by atoms with Gasteiger partial charge < -0.3 is 15.2 Å². The number of rotatable bonds is 4. The molecule has 1 aliphatic rings. The van der Waals surface area contributed by atoms with Crippen LogP contribution in [0.5, 0.6) is 5.88 Å². The van der Waals surface area contributed by atoms with Crippen LogP contribution < -0.4 is 10.5 Å². The van der Waals surface area contributed by atoms with E-state index in [0.717, 1.165) is 25.2 Å². The van der Waals surface area contributed by atoms with Crippen LogP contribution in [0.25, 0.3) is 0 Å². The Bertz CT molecular complexity index is 354. The molecule has 1 fully saturated rings. The zero-order valence-electron chi connectivity index (χ0n) is 8.99. The summed E-state index contributed by atoms with van der Waals surface area (Å²) in [5, 5.41) is 0.582. The lowest BCUT2D eigenvalue weighted by molar-refractivity contribution is 0.165. The summed E-state index contributed by atoms with van der Waals surface area (Å²) < 4.78 is 10.9. The molecule has 2 rings (SSSR count). The highest BCUT2D eigenvalue weighted by Gasteiger charge is 2.16. The van der Waals surface area contributed by atoms with E-state index >= 15 is 0 Å². The van der Waals surface area contributed by atoms with Gasteiger partial charge in [-0.15, -0.1) is 0 Å². The average Bonchev–Trinajstić information content (AvgIpc) is 2.81. The molecule has 0 bridgehead atoms. The maximum atomic E-state index is 5.91. The van der Waals surface area contributed by atoms with E-state index in [1.807, 2.05) is 0 Å². The molecular weight excluding hydrogens is 228 g/mol. The summed E-state index contributed by atoms with van der Waals surface area (Å²) in [5.74, 6) is 1.05. The van der Waals surface area contributed by atoms with Gasteiger partial charge in [0.25, 0.3) is 0 Å². The summed E-state index contributed by atoms with van der Waals surface area (Å²) in [5.41, 5.74) is 6.41. The molecule has 1 unspecified atom stereocenters. The molecule has 2 heterocycles. The first kappa shape index (κ1) is 11.6. The smallest absolute Gasteiger partial charge is 0.213 e. The number of halogens is 1. The predicted octanol–water partition coefficient (Wildman–Crippen LogP) is 1.61. The second-order valence-electron chi connectivity index (χ2n) is 3.86. The van der Waals surface area contributed by atoms with E-state index in [0.29, 0.717) is 30.0 Å². The van der Waals surface area contributed by atoms with Gasteiger partial charge in [0.05, 0.1) is 18.2 Å². The van der Waals surface area contributed by atoms with Gasteiger partial charge in [-0.3, -0.25) is 0 Å². The van der Waals surface area contributed by atoms with Crippen LogP contribution in [0.15, 0.2) is 12.3 Å². The maximum absolute atomic E-state index is 5.91. The largest absolute Gasteiger partial charge is 0.477 e. The van der Waals surface area contributed by atoms with Crippen LogP contribution in [0.4, 0.5) is 0 Å². The van der Waals surface area contributed by atoms with E-state index in [1.54, 1.807) is 12.3 Å². The Kier molecular flexibility index (Phi) is 3.98. The predicted molar refractivity (Wildman–Crippen MR) is 61.6 cm³/mol. The van der Waals surface area contributed by atoms with E-state index in [9.17, 15) is 0 Å². The molecule has 4 nitrogen and oxygen atoms in total. The van der Waals surface area contributed by atoms with E-state index in [1.165, 1.54) is 0 Å². The van der Waals surface area contributed by atoms with Crippen LogP contribution >= 0.6 is 11.6 Å².